The van der Waals surface area contributed by atoms with Crippen LogP contribution in [-0.4, -0.2) is 0 Å². The van der Waals surface area contributed by atoms with Crippen LogP contribution >= 0.6 is 91.2 Å². The standard InChI is InChI=1S/C12H4Cl6S2/c13-5-2-1-3-6(4-5)19-20-12-10(17)8(15)7(14)9(16)11(12)18/h1-4H. The van der Waals surface area contributed by atoms with E-state index in [0.29, 0.717) is 9.92 Å². The zero-order valence-electron chi connectivity index (χ0n) is 9.39. The average Bonchev–Trinajstić information content (AvgIpc) is 2.43. The number of rotatable bonds is 3. The summed E-state index contributed by atoms with van der Waals surface area (Å²) >= 11 is 36.2. The first kappa shape index (κ1) is 17.2. The van der Waals surface area contributed by atoms with E-state index < -0.39 is 0 Å². The summed E-state index contributed by atoms with van der Waals surface area (Å²) < 4.78 is 0. The van der Waals surface area contributed by atoms with Crippen LogP contribution in [0.25, 0.3) is 0 Å². The molecule has 0 bridgehead atoms. The van der Waals surface area contributed by atoms with E-state index >= 15 is 0 Å². The highest BCUT2D eigenvalue weighted by atomic mass is 35.5. The van der Waals surface area contributed by atoms with Crippen LogP contribution in [0.3, 0.4) is 0 Å². The fourth-order valence-electron chi connectivity index (χ4n) is 1.27. The summed E-state index contributed by atoms with van der Waals surface area (Å²) in [5.74, 6) is 0. The predicted molar refractivity (Wildman–Crippen MR) is 94.7 cm³/mol. The van der Waals surface area contributed by atoms with Gasteiger partial charge in [-0.15, -0.1) is 0 Å². The van der Waals surface area contributed by atoms with Gasteiger partial charge in [-0.25, -0.2) is 0 Å². The molecule has 0 spiro atoms. The Hall–Kier alpha value is 0.880. The minimum absolute atomic E-state index is 0.153. The Morgan fingerprint density at radius 2 is 1.20 bits per heavy atom. The molecule has 0 saturated carbocycles. The van der Waals surface area contributed by atoms with E-state index in [9.17, 15) is 0 Å². The van der Waals surface area contributed by atoms with Crippen LogP contribution in [0.1, 0.15) is 0 Å². The first-order valence-electron chi connectivity index (χ1n) is 5.03. The quantitative estimate of drug-likeness (QED) is 0.275. The first-order chi connectivity index (χ1) is 9.41. The van der Waals surface area contributed by atoms with Gasteiger partial charge in [0.15, 0.2) is 0 Å². The molecule has 0 unspecified atom stereocenters. The van der Waals surface area contributed by atoms with Crippen molar-refractivity contribution in [2.75, 3.05) is 0 Å². The molecule has 0 nitrogen and oxygen atoms in total. The number of halogens is 6. The second-order valence-electron chi connectivity index (χ2n) is 3.52. The smallest absolute Gasteiger partial charge is 0.0809 e. The van der Waals surface area contributed by atoms with Crippen molar-refractivity contribution in [3.8, 4) is 0 Å². The Balaban J connectivity index is 2.30. The highest BCUT2D eigenvalue weighted by Crippen LogP contribution is 2.51. The topological polar surface area (TPSA) is 0 Å². The minimum atomic E-state index is 0.153. The third-order valence-corrected chi connectivity index (χ3v) is 7.35. The van der Waals surface area contributed by atoms with Crippen LogP contribution in [0.5, 0.6) is 0 Å². The van der Waals surface area contributed by atoms with Gasteiger partial charge in [0.05, 0.1) is 30.0 Å². The van der Waals surface area contributed by atoms with Gasteiger partial charge < -0.3 is 0 Å². The van der Waals surface area contributed by atoms with Crippen LogP contribution in [0, 0.1) is 0 Å². The molecule has 0 amide bonds. The van der Waals surface area contributed by atoms with E-state index in [4.69, 9.17) is 69.6 Å². The lowest BCUT2D eigenvalue weighted by molar-refractivity contribution is 1.46. The van der Waals surface area contributed by atoms with E-state index in [-0.39, 0.29) is 25.1 Å². The molecule has 0 saturated heterocycles. The molecule has 106 valence electrons. The van der Waals surface area contributed by atoms with Gasteiger partial charge in [-0.05, 0) is 29.0 Å². The van der Waals surface area contributed by atoms with E-state index in [0.717, 1.165) is 4.90 Å². The molecule has 0 aliphatic heterocycles. The lowest BCUT2D eigenvalue weighted by Gasteiger charge is -2.11. The second kappa shape index (κ2) is 7.43. The Morgan fingerprint density at radius 1 is 0.650 bits per heavy atom. The highest BCUT2D eigenvalue weighted by Gasteiger charge is 2.20. The van der Waals surface area contributed by atoms with Crippen LogP contribution < -0.4 is 0 Å². The fourth-order valence-corrected chi connectivity index (χ4v) is 5.47. The molecule has 20 heavy (non-hydrogen) atoms. The maximum absolute atomic E-state index is 6.15. The predicted octanol–water partition coefficient (Wildman–Crippen LogP) is 8.41. The Labute approximate surface area is 154 Å². The van der Waals surface area contributed by atoms with Crippen molar-refractivity contribution >= 4 is 91.2 Å². The Kier molecular flexibility index (Phi) is 6.40. The molecule has 0 N–H and O–H groups in total. The van der Waals surface area contributed by atoms with Crippen molar-refractivity contribution in [1.82, 2.24) is 0 Å². The van der Waals surface area contributed by atoms with E-state index in [2.05, 4.69) is 0 Å². The monoisotopic (exact) mass is 422 g/mol. The molecule has 0 heterocycles. The van der Waals surface area contributed by atoms with E-state index in [1.807, 2.05) is 18.2 Å². The summed E-state index contributed by atoms with van der Waals surface area (Å²) in [5.41, 5.74) is 0. The molecule has 0 aliphatic rings. The average molecular weight is 425 g/mol. The van der Waals surface area contributed by atoms with Crippen LogP contribution in [0.4, 0.5) is 0 Å². The van der Waals surface area contributed by atoms with Crippen molar-refractivity contribution in [1.29, 1.82) is 0 Å². The van der Waals surface area contributed by atoms with Crippen LogP contribution in [0.2, 0.25) is 30.1 Å². The summed E-state index contributed by atoms with van der Waals surface area (Å²) in [4.78, 5) is 1.52. The molecular formula is C12H4Cl6S2. The molecule has 0 atom stereocenters. The van der Waals surface area contributed by atoms with Gasteiger partial charge >= 0.3 is 0 Å². The lowest BCUT2D eigenvalue weighted by Crippen LogP contribution is -1.82. The molecule has 2 aromatic carbocycles. The highest BCUT2D eigenvalue weighted by molar-refractivity contribution is 8.76. The molecule has 0 aliphatic carbocycles. The summed E-state index contributed by atoms with van der Waals surface area (Å²) in [7, 11) is 2.78. The van der Waals surface area contributed by atoms with Gasteiger partial charge in [-0.3, -0.25) is 0 Å². The Morgan fingerprint density at radius 3 is 1.75 bits per heavy atom. The minimum Gasteiger partial charge on any atom is -0.0843 e. The lowest BCUT2D eigenvalue weighted by atomic mass is 10.3. The molecule has 0 radical (unpaired) electrons. The molecule has 0 fully saturated rings. The second-order valence-corrected chi connectivity index (χ2v) is 8.06. The first-order valence-corrected chi connectivity index (χ1v) is 9.45. The maximum Gasteiger partial charge on any atom is 0.0809 e. The number of hydrogen-bond acceptors (Lipinski definition) is 2. The fraction of sp³-hybridized carbons (Fsp3) is 0. The molecule has 8 heteroatoms. The SMILES string of the molecule is Clc1cccc(SSc2c(Cl)c(Cl)c(Cl)c(Cl)c2Cl)c1. The van der Waals surface area contributed by atoms with E-state index in [1.165, 1.54) is 21.6 Å². The largest absolute Gasteiger partial charge is 0.0843 e. The summed E-state index contributed by atoms with van der Waals surface area (Å²) in [6.45, 7) is 0. The van der Waals surface area contributed by atoms with Crippen LogP contribution in [-0.2, 0) is 0 Å². The van der Waals surface area contributed by atoms with Gasteiger partial charge in [-0.1, -0.05) is 86.5 Å². The van der Waals surface area contributed by atoms with Gasteiger partial charge in [-0.2, -0.15) is 0 Å². The normalized spacial score (nSPS) is 10.9. The van der Waals surface area contributed by atoms with Gasteiger partial charge in [0.2, 0.25) is 0 Å². The molecular weight excluding hydrogens is 421 g/mol. The van der Waals surface area contributed by atoms with Gasteiger partial charge in [0.1, 0.15) is 0 Å². The van der Waals surface area contributed by atoms with Crippen molar-refractivity contribution in [3.63, 3.8) is 0 Å². The zero-order valence-corrected chi connectivity index (χ0v) is 15.6. The van der Waals surface area contributed by atoms with Crippen molar-refractivity contribution in [2.45, 2.75) is 9.79 Å². The third-order valence-electron chi connectivity index (χ3n) is 2.19. The molecule has 2 rings (SSSR count). The van der Waals surface area contributed by atoms with Crippen LogP contribution in [0.15, 0.2) is 34.1 Å². The van der Waals surface area contributed by atoms with Crippen molar-refractivity contribution < 1.29 is 0 Å². The van der Waals surface area contributed by atoms with Gasteiger partial charge in [0.25, 0.3) is 0 Å². The van der Waals surface area contributed by atoms with E-state index in [1.54, 1.807) is 6.07 Å². The van der Waals surface area contributed by atoms with Gasteiger partial charge in [0, 0.05) is 9.92 Å². The zero-order chi connectivity index (χ0) is 14.9. The maximum atomic E-state index is 6.15. The molecule has 2 aromatic rings. The summed E-state index contributed by atoms with van der Waals surface area (Å²) in [5, 5.41) is 1.76. The summed E-state index contributed by atoms with van der Waals surface area (Å²) in [6.07, 6.45) is 0. The number of hydrogen-bond donors (Lipinski definition) is 0. The third kappa shape index (κ3) is 3.80. The summed E-state index contributed by atoms with van der Waals surface area (Å²) in [6, 6.07) is 7.41. The Bertz CT molecular complexity index is 630. The molecule has 0 aromatic heterocycles. The van der Waals surface area contributed by atoms with Crippen molar-refractivity contribution in [3.05, 3.63) is 54.4 Å². The number of benzene rings is 2. The van der Waals surface area contributed by atoms with Crippen molar-refractivity contribution in [2.24, 2.45) is 0 Å².